The van der Waals surface area contributed by atoms with E-state index >= 15 is 0 Å². The van der Waals surface area contributed by atoms with Crippen LogP contribution < -0.4 is 5.32 Å². The zero-order chi connectivity index (χ0) is 16.1. The Kier molecular flexibility index (Phi) is 5.76. The summed E-state index contributed by atoms with van der Waals surface area (Å²) >= 11 is 11.9. The minimum absolute atomic E-state index is 0.0696. The van der Waals surface area contributed by atoms with Gasteiger partial charge in [0.2, 0.25) is 5.91 Å². The molecule has 0 aliphatic carbocycles. The van der Waals surface area contributed by atoms with Gasteiger partial charge in [0.15, 0.2) is 5.82 Å². The molecule has 0 fully saturated rings. The van der Waals surface area contributed by atoms with E-state index in [0.29, 0.717) is 34.8 Å². The molecule has 1 heterocycles. The normalized spacial score (nSPS) is 10.7. The molecule has 8 heteroatoms. The molecule has 1 aromatic heterocycles. The Morgan fingerprint density at radius 2 is 2.14 bits per heavy atom. The number of aryl methyl sites for hydroxylation is 1. The monoisotopic (exact) mass is 342 g/mol. The molecule has 0 spiro atoms. The van der Waals surface area contributed by atoms with E-state index in [1.165, 1.54) is 4.68 Å². The van der Waals surface area contributed by atoms with Crippen molar-refractivity contribution in [1.29, 1.82) is 0 Å². The van der Waals surface area contributed by atoms with Crippen LogP contribution in [0.15, 0.2) is 18.2 Å². The molecular weight excluding hydrogens is 327 g/mol. The van der Waals surface area contributed by atoms with Crippen molar-refractivity contribution in [1.82, 2.24) is 20.1 Å². The molecule has 0 atom stereocenters. The van der Waals surface area contributed by atoms with Crippen molar-refractivity contribution in [2.45, 2.75) is 13.5 Å². The lowest BCUT2D eigenvalue weighted by Gasteiger charge is -2.08. The molecule has 1 amide bonds. The zero-order valence-corrected chi connectivity index (χ0v) is 13.8. The maximum atomic E-state index is 11.9. The molecule has 1 N–H and O–H groups in total. The van der Waals surface area contributed by atoms with Crippen LogP contribution in [-0.2, 0) is 16.1 Å². The van der Waals surface area contributed by atoms with Crippen molar-refractivity contribution in [2.75, 3.05) is 20.3 Å². The van der Waals surface area contributed by atoms with Crippen LogP contribution in [0, 0.1) is 6.92 Å². The van der Waals surface area contributed by atoms with Crippen molar-refractivity contribution in [3.8, 4) is 11.4 Å². The number of methoxy groups -OCH3 is 1. The minimum atomic E-state index is -0.164. The quantitative estimate of drug-likeness (QED) is 0.818. The predicted octanol–water partition coefficient (Wildman–Crippen LogP) is 2.32. The van der Waals surface area contributed by atoms with Crippen molar-refractivity contribution in [3.63, 3.8) is 0 Å². The van der Waals surface area contributed by atoms with Gasteiger partial charge in [-0.15, -0.1) is 0 Å². The van der Waals surface area contributed by atoms with E-state index < -0.39 is 0 Å². The van der Waals surface area contributed by atoms with Gasteiger partial charge in [0.1, 0.15) is 12.4 Å². The van der Waals surface area contributed by atoms with E-state index in [1.807, 2.05) is 0 Å². The highest BCUT2D eigenvalue weighted by Crippen LogP contribution is 2.27. The number of hydrogen-bond acceptors (Lipinski definition) is 4. The third-order valence-corrected chi connectivity index (χ3v) is 3.62. The van der Waals surface area contributed by atoms with E-state index in [9.17, 15) is 4.79 Å². The third kappa shape index (κ3) is 4.19. The molecule has 0 aliphatic rings. The number of carbonyl (C=O) groups is 1. The van der Waals surface area contributed by atoms with Crippen LogP contribution >= 0.6 is 23.2 Å². The molecule has 118 valence electrons. The Hall–Kier alpha value is -1.63. The van der Waals surface area contributed by atoms with Gasteiger partial charge in [-0.05, 0) is 25.1 Å². The first-order chi connectivity index (χ1) is 10.5. The number of nitrogens with one attached hydrogen (secondary N) is 1. The van der Waals surface area contributed by atoms with Gasteiger partial charge in [-0.3, -0.25) is 4.79 Å². The summed E-state index contributed by atoms with van der Waals surface area (Å²) in [5.74, 6) is 0.979. The number of amides is 1. The first-order valence-corrected chi connectivity index (χ1v) is 7.39. The lowest BCUT2D eigenvalue weighted by molar-refractivity contribution is -0.122. The molecule has 1 aromatic carbocycles. The summed E-state index contributed by atoms with van der Waals surface area (Å²) in [5, 5.41) is 7.88. The number of aromatic nitrogens is 3. The van der Waals surface area contributed by atoms with Crippen LogP contribution in [0.2, 0.25) is 10.0 Å². The van der Waals surface area contributed by atoms with Crippen LogP contribution in [0.25, 0.3) is 11.4 Å². The van der Waals surface area contributed by atoms with Gasteiger partial charge in [0.25, 0.3) is 0 Å². The van der Waals surface area contributed by atoms with E-state index in [0.717, 1.165) is 5.56 Å². The van der Waals surface area contributed by atoms with Crippen molar-refractivity contribution < 1.29 is 9.53 Å². The average Bonchev–Trinajstić information content (AvgIpc) is 2.83. The van der Waals surface area contributed by atoms with Gasteiger partial charge >= 0.3 is 0 Å². The van der Waals surface area contributed by atoms with Gasteiger partial charge < -0.3 is 10.1 Å². The molecule has 0 saturated carbocycles. The first-order valence-electron chi connectivity index (χ1n) is 6.63. The van der Waals surface area contributed by atoms with Gasteiger partial charge in [-0.25, -0.2) is 9.67 Å². The second-order valence-electron chi connectivity index (χ2n) is 4.61. The standard InChI is InChI=1S/C14H16Cl2N4O2/c1-9-18-14(10-3-4-11(15)12(16)7-10)20(19-9)8-13(21)17-5-6-22-2/h3-4,7H,5-6,8H2,1-2H3,(H,17,21). The SMILES string of the molecule is COCCNC(=O)Cn1nc(C)nc1-c1ccc(Cl)c(Cl)c1. The largest absolute Gasteiger partial charge is 0.383 e. The summed E-state index contributed by atoms with van der Waals surface area (Å²) in [6, 6.07) is 5.18. The summed E-state index contributed by atoms with van der Waals surface area (Å²) in [7, 11) is 1.58. The van der Waals surface area contributed by atoms with Crippen molar-refractivity contribution in [3.05, 3.63) is 34.1 Å². The van der Waals surface area contributed by atoms with E-state index in [1.54, 1.807) is 32.2 Å². The van der Waals surface area contributed by atoms with Crippen LogP contribution in [0.3, 0.4) is 0 Å². The fourth-order valence-corrected chi connectivity index (χ4v) is 2.20. The minimum Gasteiger partial charge on any atom is -0.383 e. The second kappa shape index (κ2) is 7.58. The zero-order valence-electron chi connectivity index (χ0n) is 12.3. The summed E-state index contributed by atoms with van der Waals surface area (Å²) in [5.41, 5.74) is 0.750. The first kappa shape index (κ1) is 16.7. The predicted molar refractivity (Wildman–Crippen MR) is 85.1 cm³/mol. The van der Waals surface area contributed by atoms with Gasteiger partial charge in [-0.1, -0.05) is 23.2 Å². The van der Waals surface area contributed by atoms with E-state index in [-0.39, 0.29) is 12.5 Å². The lowest BCUT2D eigenvalue weighted by Crippen LogP contribution is -2.30. The van der Waals surface area contributed by atoms with Gasteiger partial charge in [0.05, 0.1) is 16.7 Å². The Morgan fingerprint density at radius 1 is 1.36 bits per heavy atom. The van der Waals surface area contributed by atoms with E-state index in [4.69, 9.17) is 27.9 Å². The summed E-state index contributed by atoms with van der Waals surface area (Å²) in [4.78, 5) is 16.2. The molecule has 6 nitrogen and oxygen atoms in total. The number of nitrogens with zero attached hydrogens (tertiary/aromatic N) is 3. The van der Waals surface area contributed by atoms with Crippen LogP contribution in [0.5, 0.6) is 0 Å². The Morgan fingerprint density at radius 3 is 2.82 bits per heavy atom. The highest BCUT2D eigenvalue weighted by Gasteiger charge is 2.14. The fraction of sp³-hybridized carbons (Fsp3) is 0.357. The van der Waals surface area contributed by atoms with Crippen molar-refractivity contribution in [2.24, 2.45) is 0 Å². The molecule has 22 heavy (non-hydrogen) atoms. The number of hydrogen-bond donors (Lipinski definition) is 1. The molecule has 0 radical (unpaired) electrons. The summed E-state index contributed by atoms with van der Waals surface area (Å²) in [6.07, 6.45) is 0. The number of ether oxygens (including phenoxy) is 1. The van der Waals surface area contributed by atoms with Crippen LogP contribution in [0.1, 0.15) is 5.82 Å². The van der Waals surface area contributed by atoms with Crippen LogP contribution in [0.4, 0.5) is 0 Å². The molecular formula is C14H16Cl2N4O2. The molecule has 0 aliphatic heterocycles. The topological polar surface area (TPSA) is 69.0 Å². The highest BCUT2D eigenvalue weighted by atomic mass is 35.5. The fourth-order valence-electron chi connectivity index (χ4n) is 1.90. The number of benzene rings is 1. The number of halogens is 2. The van der Waals surface area contributed by atoms with E-state index in [2.05, 4.69) is 15.4 Å². The number of carbonyl (C=O) groups excluding carboxylic acids is 1. The Balaban J connectivity index is 2.19. The maximum absolute atomic E-state index is 11.9. The molecule has 0 unspecified atom stereocenters. The van der Waals surface area contributed by atoms with Gasteiger partial charge in [0, 0.05) is 19.2 Å². The summed E-state index contributed by atoms with van der Waals surface area (Å²) < 4.78 is 6.43. The molecule has 2 aromatic rings. The Bertz CT molecular complexity index is 673. The summed E-state index contributed by atoms with van der Waals surface area (Å²) in [6.45, 7) is 2.74. The van der Waals surface area contributed by atoms with Gasteiger partial charge in [-0.2, -0.15) is 5.10 Å². The number of rotatable bonds is 6. The highest BCUT2D eigenvalue weighted by molar-refractivity contribution is 6.42. The lowest BCUT2D eigenvalue weighted by atomic mass is 10.2. The van der Waals surface area contributed by atoms with Crippen LogP contribution in [-0.4, -0.2) is 40.9 Å². The molecule has 2 rings (SSSR count). The third-order valence-electron chi connectivity index (χ3n) is 2.88. The smallest absolute Gasteiger partial charge is 0.241 e. The Labute approximate surface area is 138 Å². The maximum Gasteiger partial charge on any atom is 0.241 e. The molecule has 0 saturated heterocycles. The second-order valence-corrected chi connectivity index (χ2v) is 5.43. The average molecular weight is 343 g/mol. The van der Waals surface area contributed by atoms with Crippen molar-refractivity contribution >= 4 is 29.1 Å². The molecule has 0 bridgehead atoms.